The van der Waals surface area contributed by atoms with Crippen LogP contribution in [0, 0.1) is 0 Å². The molecule has 1 amide bonds. The van der Waals surface area contributed by atoms with Crippen LogP contribution in [-0.4, -0.2) is 51.9 Å². The van der Waals surface area contributed by atoms with Gasteiger partial charge in [-0.2, -0.15) is 0 Å². The van der Waals surface area contributed by atoms with Gasteiger partial charge < -0.3 is 4.90 Å². The van der Waals surface area contributed by atoms with Crippen LogP contribution >= 0.6 is 0 Å². The number of nitrogens with zero attached hydrogens (tertiary/aromatic N) is 4. The van der Waals surface area contributed by atoms with E-state index in [-0.39, 0.29) is 11.8 Å². The Labute approximate surface area is 173 Å². The van der Waals surface area contributed by atoms with Crippen molar-refractivity contribution in [1.29, 1.82) is 0 Å². The summed E-state index contributed by atoms with van der Waals surface area (Å²) in [5.74, 6) is 1.34. The summed E-state index contributed by atoms with van der Waals surface area (Å²) in [6.45, 7) is 8.36. The Hall–Kier alpha value is -2.53. The zero-order valence-electron chi connectivity index (χ0n) is 17.5. The molecule has 5 nitrogen and oxygen atoms in total. The quantitative estimate of drug-likeness (QED) is 0.799. The van der Waals surface area contributed by atoms with E-state index < -0.39 is 0 Å². The van der Waals surface area contributed by atoms with Gasteiger partial charge in [0.15, 0.2) is 0 Å². The molecule has 3 heterocycles. The molecule has 1 aromatic carbocycles. The number of rotatable bonds is 4. The van der Waals surface area contributed by atoms with Crippen molar-refractivity contribution in [2.45, 2.75) is 45.6 Å². The van der Waals surface area contributed by atoms with Crippen LogP contribution in [0.15, 0.2) is 42.1 Å². The molecule has 152 valence electrons. The first-order chi connectivity index (χ1) is 14.1. The summed E-state index contributed by atoms with van der Waals surface area (Å²) >= 11 is 0. The van der Waals surface area contributed by atoms with Gasteiger partial charge in [0.1, 0.15) is 5.82 Å². The lowest BCUT2D eigenvalue weighted by molar-refractivity contribution is -0.130. The van der Waals surface area contributed by atoms with Crippen molar-refractivity contribution in [1.82, 2.24) is 19.8 Å². The van der Waals surface area contributed by atoms with Crippen LogP contribution in [0.25, 0.3) is 6.08 Å². The SMILES string of the molecule is CC(=O)N1CCC[C@H](c2ncc3c(n2)CCN(C/C(C)=C/c2ccccc2)C3)C1. The van der Waals surface area contributed by atoms with E-state index in [9.17, 15) is 4.79 Å². The normalized spacial score (nSPS) is 20.4. The average molecular weight is 391 g/mol. The predicted octanol–water partition coefficient (Wildman–Crippen LogP) is 3.66. The first-order valence-electron chi connectivity index (χ1n) is 10.6. The fraction of sp³-hybridized carbons (Fsp3) is 0.458. The fourth-order valence-electron chi connectivity index (χ4n) is 4.43. The van der Waals surface area contributed by atoms with Crippen molar-refractivity contribution in [3.8, 4) is 0 Å². The molecule has 1 saturated heterocycles. The number of hydrogen-bond acceptors (Lipinski definition) is 4. The summed E-state index contributed by atoms with van der Waals surface area (Å²) in [7, 11) is 0. The molecule has 0 unspecified atom stereocenters. The summed E-state index contributed by atoms with van der Waals surface area (Å²) in [5, 5.41) is 0. The molecule has 1 aromatic heterocycles. The van der Waals surface area contributed by atoms with E-state index in [1.165, 1.54) is 22.4 Å². The number of amides is 1. The fourth-order valence-corrected chi connectivity index (χ4v) is 4.43. The second-order valence-corrected chi connectivity index (χ2v) is 8.37. The Balaban J connectivity index is 1.40. The molecule has 2 aliphatic rings. The van der Waals surface area contributed by atoms with Gasteiger partial charge in [-0.15, -0.1) is 0 Å². The smallest absolute Gasteiger partial charge is 0.219 e. The van der Waals surface area contributed by atoms with Crippen LogP contribution in [0.5, 0.6) is 0 Å². The predicted molar refractivity (Wildman–Crippen MR) is 115 cm³/mol. The van der Waals surface area contributed by atoms with Crippen LogP contribution in [0.3, 0.4) is 0 Å². The molecular formula is C24H30N4O. The highest BCUT2D eigenvalue weighted by molar-refractivity contribution is 5.73. The minimum absolute atomic E-state index is 0.155. The van der Waals surface area contributed by atoms with Gasteiger partial charge in [0.05, 0.1) is 0 Å². The number of carbonyl (C=O) groups is 1. The van der Waals surface area contributed by atoms with Gasteiger partial charge in [-0.05, 0) is 25.3 Å². The van der Waals surface area contributed by atoms with Gasteiger partial charge >= 0.3 is 0 Å². The van der Waals surface area contributed by atoms with Gasteiger partial charge in [-0.3, -0.25) is 9.69 Å². The molecule has 0 spiro atoms. The topological polar surface area (TPSA) is 49.3 Å². The lowest BCUT2D eigenvalue weighted by Crippen LogP contribution is -2.38. The van der Waals surface area contributed by atoms with E-state index in [0.717, 1.165) is 57.8 Å². The second kappa shape index (κ2) is 8.87. The number of fused-ring (bicyclic) bond motifs is 1. The summed E-state index contributed by atoms with van der Waals surface area (Å²) in [5.41, 5.74) is 5.05. The van der Waals surface area contributed by atoms with Gasteiger partial charge in [0.2, 0.25) is 5.91 Å². The van der Waals surface area contributed by atoms with Crippen LogP contribution in [0.1, 0.15) is 55.3 Å². The monoisotopic (exact) mass is 390 g/mol. The van der Waals surface area contributed by atoms with E-state index in [0.29, 0.717) is 0 Å². The molecule has 0 saturated carbocycles. The Bertz CT molecular complexity index is 893. The van der Waals surface area contributed by atoms with Gasteiger partial charge in [-0.25, -0.2) is 9.97 Å². The van der Waals surface area contributed by atoms with Crippen molar-refractivity contribution < 1.29 is 4.79 Å². The van der Waals surface area contributed by atoms with E-state index in [4.69, 9.17) is 9.97 Å². The third-order valence-electron chi connectivity index (χ3n) is 5.95. The van der Waals surface area contributed by atoms with Crippen molar-refractivity contribution in [2.75, 3.05) is 26.2 Å². The van der Waals surface area contributed by atoms with E-state index in [1.807, 2.05) is 17.2 Å². The Morgan fingerprint density at radius 2 is 2.03 bits per heavy atom. The molecule has 5 heteroatoms. The second-order valence-electron chi connectivity index (χ2n) is 8.37. The number of carbonyl (C=O) groups excluding carboxylic acids is 1. The molecule has 1 fully saturated rings. The minimum atomic E-state index is 0.155. The molecule has 2 aliphatic heterocycles. The van der Waals surface area contributed by atoms with Crippen molar-refractivity contribution in [3.63, 3.8) is 0 Å². The highest BCUT2D eigenvalue weighted by Gasteiger charge is 2.26. The number of aromatic nitrogens is 2. The standard InChI is InChI=1S/C24H30N4O/c1-18(13-20-7-4-3-5-8-20)15-27-12-10-23-22(16-27)14-25-24(26-23)21-9-6-11-28(17-21)19(2)29/h3-5,7-8,13-14,21H,6,9-12,15-17H2,1-2H3/b18-13+/t21-/m0/s1. The van der Waals surface area contributed by atoms with Gasteiger partial charge in [0, 0.05) is 69.4 Å². The number of hydrogen-bond donors (Lipinski definition) is 0. The van der Waals surface area contributed by atoms with Crippen LogP contribution in [-0.2, 0) is 17.8 Å². The molecule has 0 radical (unpaired) electrons. The molecule has 0 aliphatic carbocycles. The lowest BCUT2D eigenvalue weighted by Gasteiger charge is -2.32. The lowest BCUT2D eigenvalue weighted by atomic mass is 9.96. The summed E-state index contributed by atoms with van der Waals surface area (Å²) in [6.07, 6.45) is 7.35. The third-order valence-corrected chi connectivity index (χ3v) is 5.95. The highest BCUT2D eigenvalue weighted by atomic mass is 16.2. The zero-order valence-corrected chi connectivity index (χ0v) is 17.5. The molecule has 2 aromatic rings. The molecule has 1 atom stereocenters. The van der Waals surface area contributed by atoms with E-state index in [2.05, 4.69) is 42.2 Å². The van der Waals surface area contributed by atoms with Crippen LogP contribution in [0.2, 0.25) is 0 Å². The third kappa shape index (κ3) is 4.91. The molecular weight excluding hydrogens is 360 g/mol. The first kappa shape index (κ1) is 19.8. The Morgan fingerprint density at radius 1 is 1.21 bits per heavy atom. The van der Waals surface area contributed by atoms with Crippen molar-refractivity contribution in [2.24, 2.45) is 0 Å². The van der Waals surface area contributed by atoms with Crippen molar-refractivity contribution >= 4 is 12.0 Å². The largest absolute Gasteiger partial charge is 0.342 e. The summed E-state index contributed by atoms with van der Waals surface area (Å²) < 4.78 is 0. The number of piperidine rings is 1. The maximum Gasteiger partial charge on any atom is 0.219 e. The molecule has 29 heavy (non-hydrogen) atoms. The minimum Gasteiger partial charge on any atom is -0.342 e. The molecule has 0 bridgehead atoms. The first-order valence-corrected chi connectivity index (χ1v) is 10.6. The Kier molecular flexibility index (Phi) is 6.05. The summed E-state index contributed by atoms with van der Waals surface area (Å²) in [6, 6.07) is 10.5. The van der Waals surface area contributed by atoms with Gasteiger partial charge in [-0.1, -0.05) is 42.0 Å². The van der Waals surface area contributed by atoms with Crippen molar-refractivity contribution in [3.05, 3.63) is 64.7 Å². The molecule has 4 rings (SSSR count). The molecule has 0 N–H and O–H groups in total. The maximum absolute atomic E-state index is 11.7. The van der Waals surface area contributed by atoms with Crippen LogP contribution in [0.4, 0.5) is 0 Å². The number of likely N-dealkylation sites (tertiary alicyclic amines) is 1. The maximum atomic E-state index is 11.7. The van der Waals surface area contributed by atoms with Crippen LogP contribution < -0.4 is 0 Å². The average Bonchev–Trinajstić information content (AvgIpc) is 2.74. The Morgan fingerprint density at radius 3 is 2.83 bits per heavy atom. The zero-order chi connectivity index (χ0) is 20.2. The van der Waals surface area contributed by atoms with E-state index >= 15 is 0 Å². The number of benzene rings is 1. The van der Waals surface area contributed by atoms with E-state index in [1.54, 1.807) is 6.92 Å². The highest BCUT2D eigenvalue weighted by Crippen LogP contribution is 2.26. The van der Waals surface area contributed by atoms with Gasteiger partial charge in [0.25, 0.3) is 0 Å². The summed E-state index contributed by atoms with van der Waals surface area (Å²) in [4.78, 5) is 25.7.